The number of benzene rings is 1. The monoisotopic (exact) mass is 329 g/mol. The summed E-state index contributed by atoms with van der Waals surface area (Å²) in [6.07, 6.45) is -0.783. The number of hydrogen-bond acceptors (Lipinski definition) is 5. The Balaban J connectivity index is 2.13. The van der Waals surface area contributed by atoms with Crippen molar-refractivity contribution in [3.05, 3.63) is 22.7 Å². The maximum absolute atomic E-state index is 11.0. The summed E-state index contributed by atoms with van der Waals surface area (Å²) < 4.78 is 16.0. The maximum Gasteiger partial charge on any atom is 0.334 e. The average Bonchev–Trinajstić information content (AvgIpc) is 2.47. The van der Waals surface area contributed by atoms with E-state index in [2.05, 4.69) is 0 Å². The number of rotatable bonds is 6. The lowest BCUT2D eigenvalue weighted by Gasteiger charge is -2.31. The Morgan fingerprint density at radius 2 is 2.32 bits per heavy atom. The Kier molecular flexibility index (Phi) is 5.88. The van der Waals surface area contributed by atoms with Gasteiger partial charge in [0.15, 0.2) is 17.6 Å². The maximum atomic E-state index is 11.0. The molecule has 1 unspecified atom stereocenters. The van der Waals surface area contributed by atoms with Gasteiger partial charge in [-0.3, -0.25) is 4.90 Å². The second kappa shape index (κ2) is 7.67. The number of methoxy groups -OCH3 is 1. The highest BCUT2D eigenvalue weighted by molar-refractivity contribution is 6.32. The molecule has 0 amide bonds. The molecule has 1 aromatic rings. The van der Waals surface area contributed by atoms with Crippen LogP contribution in [0.2, 0.25) is 5.02 Å². The molecule has 1 atom stereocenters. The normalized spacial score (nSPS) is 19.0. The van der Waals surface area contributed by atoms with Gasteiger partial charge in [0.25, 0.3) is 0 Å². The summed E-state index contributed by atoms with van der Waals surface area (Å²) >= 11 is 6.22. The Labute approximate surface area is 134 Å². The molecule has 0 radical (unpaired) electrons. The fraction of sp³-hybridized carbons (Fsp3) is 0.533. The number of morpholine rings is 1. The smallest absolute Gasteiger partial charge is 0.334 e. The van der Waals surface area contributed by atoms with Crippen molar-refractivity contribution in [1.82, 2.24) is 4.90 Å². The molecule has 0 aromatic heterocycles. The molecule has 6 nitrogen and oxygen atoms in total. The third-order valence-electron chi connectivity index (χ3n) is 3.41. The number of carboxylic acids is 1. The van der Waals surface area contributed by atoms with E-state index in [9.17, 15) is 4.79 Å². The minimum atomic E-state index is -0.938. The molecule has 22 heavy (non-hydrogen) atoms. The van der Waals surface area contributed by atoms with Gasteiger partial charge in [-0.1, -0.05) is 11.6 Å². The van der Waals surface area contributed by atoms with Gasteiger partial charge in [-0.2, -0.15) is 0 Å². The molecular formula is C15H20ClNO5. The van der Waals surface area contributed by atoms with Crippen LogP contribution in [0, 0.1) is 0 Å². The van der Waals surface area contributed by atoms with E-state index in [-0.39, 0.29) is 0 Å². The van der Waals surface area contributed by atoms with E-state index in [0.717, 1.165) is 5.56 Å². The average molecular weight is 330 g/mol. The van der Waals surface area contributed by atoms with Crippen LogP contribution in [0.15, 0.2) is 12.1 Å². The number of carbonyl (C=O) groups is 1. The van der Waals surface area contributed by atoms with Crippen molar-refractivity contribution in [3.63, 3.8) is 0 Å². The van der Waals surface area contributed by atoms with Gasteiger partial charge in [0.2, 0.25) is 0 Å². The summed E-state index contributed by atoms with van der Waals surface area (Å²) in [4.78, 5) is 13.0. The molecule has 1 aliphatic heterocycles. The molecule has 1 aliphatic rings. The fourth-order valence-electron chi connectivity index (χ4n) is 2.43. The Morgan fingerprint density at radius 3 is 2.95 bits per heavy atom. The highest BCUT2D eigenvalue weighted by Gasteiger charge is 2.26. The van der Waals surface area contributed by atoms with Crippen LogP contribution in [-0.2, 0) is 16.1 Å². The summed E-state index contributed by atoms with van der Waals surface area (Å²) in [6.45, 7) is 4.41. The van der Waals surface area contributed by atoms with Crippen molar-refractivity contribution in [3.8, 4) is 11.5 Å². The van der Waals surface area contributed by atoms with Crippen molar-refractivity contribution < 1.29 is 24.1 Å². The van der Waals surface area contributed by atoms with Crippen molar-refractivity contribution in [2.75, 3.05) is 33.4 Å². The number of carboxylic acid groups (broad SMARTS) is 1. The first kappa shape index (κ1) is 16.9. The van der Waals surface area contributed by atoms with Crippen molar-refractivity contribution in [1.29, 1.82) is 0 Å². The largest absolute Gasteiger partial charge is 0.491 e. The van der Waals surface area contributed by atoms with Gasteiger partial charge in [-0.15, -0.1) is 0 Å². The Hall–Kier alpha value is -1.50. The minimum absolute atomic E-state index is 0.350. The first-order valence-corrected chi connectivity index (χ1v) is 7.49. The molecule has 2 rings (SSSR count). The zero-order chi connectivity index (χ0) is 16.1. The van der Waals surface area contributed by atoms with Crippen molar-refractivity contribution >= 4 is 17.6 Å². The first-order valence-electron chi connectivity index (χ1n) is 7.11. The third kappa shape index (κ3) is 4.03. The van der Waals surface area contributed by atoms with Crippen LogP contribution in [0.5, 0.6) is 11.5 Å². The summed E-state index contributed by atoms with van der Waals surface area (Å²) in [5.74, 6) is 0.167. The molecule has 1 saturated heterocycles. The van der Waals surface area contributed by atoms with Crippen LogP contribution in [-0.4, -0.2) is 55.5 Å². The molecule has 1 heterocycles. The van der Waals surface area contributed by atoms with Crippen LogP contribution in [0.3, 0.4) is 0 Å². The van der Waals surface area contributed by atoms with E-state index in [4.69, 9.17) is 30.9 Å². The van der Waals surface area contributed by atoms with E-state index in [1.54, 1.807) is 7.11 Å². The summed E-state index contributed by atoms with van der Waals surface area (Å²) in [5, 5.41) is 9.52. The molecule has 1 fully saturated rings. The summed E-state index contributed by atoms with van der Waals surface area (Å²) in [6, 6.07) is 3.69. The van der Waals surface area contributed by atoms with Gasteiger partial charge >= 0.3 is 5.97 Å². The molecule has 0 saturated carbocycles. The standard InChI is InChI=1S/C15H20ClNO5/c1-3-21-12-7-10(6-11(16)14(12)20-2)8-17-4-5-22-13(9-17)15(18)19/h6-7,13H,3-5,8-9H2,1-2H3,(H,18,19). The molecule has 122 valence electrons. The SMILES string of the molecule is CCOc1cc(CN2CCOC(C(=O)O)C2)cc(Cl)c1OC. The summed E-state index contributed by atoms with van der Waals surface area (Å²) in [5.41, 5.74) is 0.945. The van der Waals surface area contributed by atoms with Gasteiger partial charge in [-0.05, 0) is 24.6 Å². The van der Waals surface area contributed by atoms with Gasteiger partial charge in [0.05, 0.1) is 25.3 Å². The van der Waals surface area contributed by atoms with E-state index in [1.165, 1.54) is 0 Å². The molecule has 0 spiro atoms. The number of hydrogen-bond donors (Lipinski definition) is 1. The lowest BCUT2D eigenvalue weighted by Crippen LogP contribution is -2.45. The lowest BCUT2D eigenvalue weighted by atomic mass is 10.1. The van der Waals surface area contributed by atoms with E-state index in [0.29, 0.717) is 49.4 Å². The van der Waals surface area contributed by atoms with Crippen LogP contribution >= 0.6 is 11.6 Å². The molecular weight excluding hydrogens is 310 g/mol. The van der Waals surface area contributed by atoms with Gasteiger partial charge in [-0.25, -0.2) is 4.79 Å². The van der Waals surface area contributed by atoms with E-state index in [1.807, 2.05) is 24.0 Å². The second-order valence-corrected chi connectivity index (χ2v) is 5.38. The van der Waals surface area contributed by atoms with Crippen molar-refractivity contribution in [2.24, 2.45) is 0 Å². The quantitative estimate of drug-likeness (QED) is 0.861. The van der Waals surface area contributed by atoms with E-state index < -0.39 is 12.1 Å². The number of ether oxygens (including phenoxy) is 3. The topological polar surface area (TPSA) is 68.2 Å². The van der Waals surface area contributed by atoms with Crippen LogP contribution in [0.4, 0.5) is 0 Å². The predicted molar refractivity (Wildman–Crippen MR) is 81.8 cm³/mol. The van der Waals surface area contributed by atoms with E-state index >= 15 is 0 Å². The summed E-state index contributed by atoms with van der Waals surface area (Å²) in [7, 11) is 1.54. The molecule has 7 heteroatoms. The Morgan fingerprint density at radius 1 is 1.55 bits per heavy atom. The Bertz CT molecular complexity index is 537. The predicted octanol–water partition coefficient (Wildman–Crippen LogP) is 2.03. The molecule has 1 aromatic carbocycles. The molecule has 0 aliphatic carbocycles. The fourth-order valence-corrected chi connectivity index (χ4v) is 2.74. The van der Waals surface area contributed by atoms with Gasteiger partial charge < -0.3 is 19.3 Å². The molecule has 1 N–H and O–H groups in total. The van der Waals surface area contributed by atoms with Gasteiger partial charge in [0, 0.05) is 19.6 Å². The van der Waals surface area contributed by atoms with Crippen LogP contribution in [0.25, 0.3) is 0 Å². The third-order valence-corrected chi connectivity index (χ3v) is 3.69. The lowest BCUT2D eigenvalue weighted by molar-refractivity contribution is -0.156. The molecule has 0 bridgehead atoms. The minimum Gasteiger partial charge on any atom is -0.491 e. The van der Waals surface area contributed by atoms with Crippen LogP contribution < -0.4 is 9.47 Å². The highest BCUT2D eigenvalue weighted by atomic mass is 35.5. The second-order valence-electron chi connectivity index (χ2n) is 4.97. The van der Waals surface area contributed by atoms with Gasteiger partial charge in [0.1, 0.15) is 0 Å². The highest BCUT2D eigenvalue weighted by Crippen LogP contribution is 2.36. The number of aliphatic carboxylic acids is 1. The number of nitrogens with zero attached hydrogens (tertiary/aromatic N) is 1. The van der Waals surface area contributed by atoms with Crippen molar-refractivity contribution in [2.45, 2.75) is 19.6 Å². The number of halogens is 1. The first-order chi connectivity index (χ1) is 10.5. The zero-order valence-electron chi connectivity index (χ0n) is 12.7. The van der Waals surface area contributed by atoms with Crippen LogP contribution in [0.1, 0.15) is 12.5 Å². The zero-order valence-corrected chi connectivity index (χ0v) is 13.4.